The van der Waals surface area contributed by atoms with E-state index in [4.69, 9.17) is 9.26 Å². The number of pyridine rings is 1. The Hall–Kier alpha value is -2.48. The Bertz CT molecular complexity index is 918. The molecule has 2 aliphatic rings. The third-order valence-electron chi connectivity index (χ3n) is 5.65. The van der Waals surface area contributed by atoms with Crippen molar-refractivity contribution in [2.24, 2.45) is 0 Å². The van der Waals surface area contributed by atoms with Gasteiger partial charge in [-0.3, -0.25) is 9.59 Å². The van der Waals surface area contributed by atoms with Gasteiger partial charge < -0.3 is 19.3 Å². The van der Waals surface area contributed by atoms with Gasteiger partial charge in [0.15, 0.2) is 0 Å². The molecule has 1 N–H and O–H groups in total. The summed E-state index contributed by atoms with van der Waals surface area (Å²) in [6, 6.07) is 1.45. The van der Waals surface area contributed by atoms with Crippen molar-refractivity contribution in [3.05, 3.63) is 23.0 Å². The van der Waals surface area contributed by atoms with Crippen LogP contribution in [0, 0.1) is 0 Å². The zero-order chi connectivity index (χ0) is 20.0. The minimum atomic E-state index is -0.925. The average Bonchev–Trinajstić information content (AvgIpc) is 3.28. The summed E-state index contributed by atoms with van der Waals surface area (Å²) in [6.45, 7) is 4.35. The SMILES string of the molecule is COC1CC(CC(=O)O)N(C(=O)c2cc(C3CC3)nc3onc(C(C)C)c23)C1. The molecular weight excluding hydrogens is 362 g/mol. The van der Waals surface area contributed by atoms with Gasteiger partial charge >= 0.3 is 5.97 Å². The second-order valence-corrected chi connectivity index (χ2v) is 8.07. The normalized spacial score (nSPS) is 22.4. The van der Waals surface area contributed by atoms with Crippen molar-refractivity contribution >= 4 is 23.0 Å². The fourth-order valence-corrected chi connectivity index (χ4v) is 3.99. The number of fused-ring (bicyclic) bond motifs is 1. The number of aromatic nitrogens is 2. The van der Waals surface area contributed by atoms with E-state index in [0.29, 0.717) is 41.2 Å². The Morgan fingerprint density at radius 1 is 1.39 bits per heavy atom. The van der Waals surface area contributed by atoms with Crippen molar-refractivity contribution in [2.75, 3.05) is 13.7 Å². The molecule has 4 rings (SSSR count). The third kappa shape index (κ3) is 3.37. The highest BCUT2D eigenvalue weighted by atomic mass is 16.5. The number of ether oxygens (including phenoxy) is 1. The van der Waals surface area contributed by atoms with Gasteiger partial charge in [0.2, 0.25) is 0 Å². The molecule has 1 aliphatic heterocycles. The Labute approximate surface area is 162 Å². The van der Waals surface area contributed by atoms with Gasteiger partial charge in [-0.1, -0.05) is 19.0 Å². The minimum Gasteiger partial charge on any atom is -0.481 e. The summed E-state index contributed by atoms with van der Waals surface area (Å²) < 4.78 is 10.9. The van der Waals surface area contributed by atoms with Crippen LogP contribution < -0.4 is 0 Å². The molecule has 0 spiro atoms. The maximum Gasteiger partial charge on any atom is 0.305 e. The summed E-state index contributed by atoms with van der Waals surface area (Å²) in [4.78, 5) is 31.1. The molecule has 150 valence electrons. The molecule has 2 unspecified atom stereocenters. The van der Waals surface area contributed by atoms with Crippen molar-refractivity contribution < 1.29 is 24.0 Å². The Balaban J connectivity index is 1.78. The van der Waals surface area contributed by atoms with Crippen LogP contribution in [-0.4, -0.2) is 57.8 Å². The van der Waals surface area contributed by atoms with Crippen LogP contribution in [0.25, 0.3) is 11.1 Å². The molecule has 0 aromatic carbocycles. The maximum atomic E-state index is 13.6. The molecule has 2 aromatic heterocycles. The van der Waals surface area contributed by atoms with Crippen LogP contribution >= 0.6 is 0 Å². The molecular formula is C20H25N3O5. The molecule has 8 nitrogen and oxygen atoms in total. The molecule has 2 aromatic rings. The van der Waals surface area contributed by atoms with Crippen LogP contribution in [0.1, 0.15) is 73.1 Å². The minimum absolute atomic E-state index is 0.0708. The van der Waals surface area contributed by atoms with Crippen LogP contribution in [0.2, 0.25) is 0 Å². The summed E-state index contributed by atoms with van der Waals surface area (Å²) >= 11 is 0. The highest BCUT2D eigenvalue weighted by Crippen LogP contribution is 2.41. The number of hydrogen-bond donors (Lipinski definition) is 1. The van der Waals surface area contributed by atoms with E-state index in [-0.39, 0.29) is 24.3 Å². The van der Waals surface area contributed by atoms with Crippen molar-refractivity contribution in [3.8, 4) is 0 Å². The molecule has 8 heteroatoms. The Kier molecular flexibility index (Phi) is 4.82. The zero-order valence-electron chi connectivity index (χ0n) is 16.3. The molecule has 2 fully saturated rings. The number of hydrogen-bond acceptors (Lipinski definition) is 6. The van der Waals surface area contributed by atoms with Gasteiger partial charge in [0.05, 0.1) is 29.2 Å². The number of likely N-dealkylation sites (tertiary alicyclic amines) is 1. The molecule has 1 aliphatic carbocycles. The van der Waals surface area contributed by atoms with Gasteiger partial charge in [-0.25, -0.2) is 4.98 Å². The van der Waals surface area contributed by atoms with Crippen LogP contribution in [-0.2, 0) is 9.53 Å². The van der Waals surface area contributed by atoms with E-state index in [1.807, 2.05) is 19.9 Å². The number of carboxylic acids is 1. The number of nitrogens with zero attached hydrogens (tertiary/aromatic N) is 3. The Morgan fingerprint density at radius 2 is 2.14 bits per heavy atom. The molecule has 0 radical (unpaired) electrons. The highest BCUT2D eigenvalue weighted by Gasteiger charge is 2.39. The van der Waals surface area contributed by atoms with E-state index >= 15 is 0 Å². The molecule has 3 heterocycles. The monoisotopic (exact) mass is 387 g/mol. The van der Waals surface area contributed by atoms with Crippen molar-refractivity contribution in [1.82, 2.24) is 15.0 Å². The average molecular weight is 387 g/mol. The van der Waals surface area contributed by atoms with E-state index < -0.39 is 12.0 Å². The predicted molar refractivity (Wildman–Crippen MR) is 100 cm³/mol. The van der Waals surface area contributed by atoms with Gasteiger partial charge in [-0.15, -0.1) is 0 Å². The summed E-state index contributed by atoms with van der Waals surface area (Å²) in [5, 5.41) is 14.1. The lowest BCUT2D eigenvalue weighted by atomic mass is 10.0. The smallest absolute Gasteiger partial charge is 0.305 e. The van der Waals surface area contributed by atoms with Crippen LogP contribution in [0.3, 0.4) is 0 Å². The molecule has 1 amide bonds. The van der Waals surface area contributed by atoms with Gasteiger partial charge in [-0.2, -0.15) is 0 Å². The van der Waals surface area contributed by atoms with Gasteiger partial charge in [0, 0.05) is 31.3 Å². The molecule has 2 atom stereocenters. The first-order valence-electron chi connectivity index (χ1n) is 9.74. The standard InChI is InChI=1S/C20H25N3O5/c1-10(2)18-17-14(8-15(11-4-5-11)21-19(17)28-22-18)20(26)23-9-13(27-3)6-12(23)7-16(24)25/h8,10-13H,4-7,9H2,1-3H3,(H,24,25). The largest absolute Gasteiger partial charge is 0.481 e. The number of methoxy groups -OCH3 is 1. The van der Waals surface area contributed by atoms with Gasteiger partial charge in [0.25, 0.3) is 11.6 Å². The first kappa shape index (κ1) is 18.9. The van der Waals surface area contributed by atoms with Crippen molar-refractivity contribution in [1.29, 1.82) is 0 Å². The van der Waals surface area contributed by atoms with E-state index in [0.717, 1.165) is 18.5 Å². The summed E-state index contributed by atoms with van der Waals surface area (Å²) in [7, 11) is 1.59. The highest BCUT2D eigenvalue weighted by molar-refractivity contribution is 6.06. The van der Waals surface area contributed by atoms with Gasteiger partial charge in [0.1, 0.15) is 0 Å². The lowest BCUT2D eigenvalue weighted by Gasteiger charge is -2.24. The summed E-state index contributed by atoms with van der Waals surface area (Å²) in [5.74, 6) is -0.707. The van der Waals surface area contributed by atoms with Crippen molar-refractivity contribution in [3.63, 3.8) is 0 Å². The van der Waals surface area contributed by atoms with Gasteiger partial charge in [-0.05, 0) is 31.2 Å². The van der Waals surface area contributed by atoms with E-state index in [2.05, 4.69) is 10.1 Å². The second-order valence-electron chi connectivity index (χ2n) is 8.07. The lowest BCUT2D eigenvalue weighted by Crippen LogP contribution is -2.37. The maximum absolute atomic E-state index is 13.6. The summed E-state index contributed by atoms with van der Waals surface area (Å²) in [5.41, 5.74) is 2.43. The van der Waals surface area contributed by atoms with Crippen LogP contribution in [0.5, 0.6) is 0 Å². The number of aliphatic carboxylic acids is 1. The van der Waals surface area contributed by atoms with E-state index in [1.54, 1.807) is 12.0 Å². The first-order chi connectivity index (χ1) is 13.4. The topological polar surface area (TPSA) is 106 Å². The third-order valence-corrected chi connectivity index (χ3v) is 5.65. The fraction of sp³-hybridized carbons (Fsp3) is 0.600. The zero-order valence-corrected chi connectivity index (χ0v) is 16.3. The quantitative estimate of drug-likeness (QED) is 0.812. The number of amides is 1. The lowest BCUT2D eigenvalue weighted by molar-refractivity contribution is -0.137. The molecule has 1 saturated heterocycles. The summed E-state index contributed by atoms with van der Waals surface area (Å²) in [6.07, 6.45) is 2.35. The first-order valence-corrected chi connectivity index (χ1v) is 9.74. The van der Waals surface area contributed by atoms with Crippen molar-refractivity contribution in [2.45, 2.75) is 63.5 Å². The number of carboxylic acid groups (broad SMARTS) is 1. The number of carbonyl (C=O) groups is 2. The van der Waals surface area contributed by atoms with E-state index in [1.165, 1.54) is 0 Å². The molecule has 28 heavy (non-hydrogen) atoms. The van der Waals surface area contributed by atoms with E-state index in [9.17, 15) is 14.7 Å². The second kappa shape index (κ2) is 7.16. The molecule has 0 bridgehead atoms. The Morgan fingerprint density at radius 3 is 2.75 bits per heavy atom. The van der Waals surface area contributed by atoms with Crippen LogP contribution in [0.15, 0.2) is 10.6 Å². The number of carbonyl (C=O) groups excluding carboxylic acids is 1. The predicted octanol–water partition coefficient (Wildman–Crippen LogP) is 2.93. The number of rotatable bonds is 6. The molecule has 1 saturated carbocycles. The van der Waals surface area contributed by atoms with Crippen LogP contribution in [0.4, 0.5) is 0 Å². The fourth-order valence-electron chi connectivity index (χ4n) is 3.99.